The highest BCUT2D eigenvalue weighted by Gasteiger charge is 2.48. The molecule has 0 spiro atoms. The number of aldehydes is 1. The summed E-state index contributed by atoms with van der Waals surface area (Å²) in [5.41, 5.74) is 2.47. The van der Waals surface area contributed by atoms with Gasteiger partial charge in [0.25, 0.3) is 0 Å². The zero-order chi connectivity index (χ0) is 26.5. The molecule has 0 aromatic heterocycles. The van der Waals surface area contributed by atoms with Gasteiger partial charge in [-0.05, 0) is 6.42 Å². The van der Waals surface area contributed by atoms with Crippen molar-refractivity contribution in [3.8, 4) is 0 Å². The molecule has 0 aliphatic heterocycles. The third-order valence-corrected chi connectivity index (χ3v) is 4.87. The van der Waals surface area contributed by atoms with E-state index in [1.807, 2.05) is 5.32 Å². The lowest BCUT2D eigenvalue weighted by Gasteiger charge is -2.38. The highest BCUT2D eigenvalue weighted by molar-refractivity contribution is 5.83. The fourth-order valence-electron chi connectivity index (χ4n) is 2.93. The second-order valence-electron chi connectivity index (χ2n) is 7.61. The van der Waals surface area contributed by atoms with Gasteiger partial charge in [-0.2, -0.15) is 0 Å². The molecule has 194 valence electrons. The average Bonchev–Trinajstić information content (AvgIpc) is 2.75. The molecule has 4 amide bonds. The van der Waals surface area contributed by atoms with E-state index in [9.17, 15) is 44.1 Å². The summed E-state index contributed by atoms with van der Waals surface area (Å²) in [5, 5.41) is 55.0. The SMILES string of the molecule is CC(=O)N[C@@H](C=O)[C@](O)(CC(=O)NCCC(=O)NCC(CCC(=O)O)C(N)=O)[C@H](O)[C@H](O)CO. The summed E-state index contributed by atoms with van der Waals surface area (Å²) in [6.07, 6.45) is -5.78. The van der Waals surface area contributed by atoms with Crippen molar-refractivity contribution in [2.24, 2.45) is 11.7 Å². The van der Waals surface area contributed by atoms with E-state index in [0.717, 1.165) is 6.92 Å². The number of nitrogens with one attached hydrogen (secondary N) is 3. The Morgan fingerprint density at radius 1 is 1.06 bits per heavy atom. The Labute approximate surface area is 194 Å². The van der Waals surface area contributed by atoms with Gasteiger partial charge in [-0.25, -0.2) is 0 Å². The summed E-state index contributed by atoms with van der Waals surface area (Å²) in [4.78, 5) is 68.8. The number of aliphatic hydroxyl groups is 4. The molecule has 15 heteroatoms. The maximum absolute atomic E-state index is 12.3. The zero-order valence-electron chi connectivity index (χ0n) is 18.6. The number of carboxylic acids is 1. The second kappa shape index (κ2) is 14.9. The summed E-state index contributed by atoms with van der Waals surface area (Å²) in [6.45, 7) is -0.496. The van der Waals surface area contributed by atoms with E-state index in [4.69, 9.17) is 15.9 Å². The number of rotatable bonds is 17. The van der Waals surface area contributed by atoms with Gasteiger partial charge in [0.15, 0.2) is 0 Å². The van der Waals surface area contributed by atoms with Crippen molar-refractivity contribution >= 4 is 35.9 Å². The molecule has 0 fully saturated rings. The van der Waals surface area contributed by atoms with E-state index in [1.54, 1.807) is 0 Å². The molecule has 0 bridgehead atoms. The number of nitrogens with two attached hydrogens (primary N) is 1. The number of hydrogen-bond acceptors (Lipinski definition) is 10. The van der Waals surface area contributed by atoms with Crippen molar-refractivity contribution < 1.29 is 54.3 Å². The standard InChI is InChI=1S/C19H32N4O11/c1-10(26)23-13(9-25)19(34,17(32)12(27)8-24)6-15(29)21-5-4-14(28)22-7-11(18(20)33)2-3-16(30)31/h9,11-13,17,24,27,32,34H,2-8H2,1H3,(H2,20,33)(H,21,29)(H,22,28)(H,23,26)(H,30,31)/t11?,12-,13+,17-,19-/m1/s1. The van der Waals surface area contributed by atoms with Crippen LogP contribution in [0.1, 0.15) is 32.6 Å². The predicted molar refractivity (Wildman–Crippen MR) is 113 cm³/mol. The highest BCUT2D eigenvalue weighted by Crippen LogP contribution is 2.23. The monoisotopic (exact) mass is 492 g/mol. The van der Waals surface area contributed by atoms with Gasteiger partial charge >= 0.3 is 5.97 Å². The van der Waals surface area contributed by atoms with E-state index in [0.29, 0.717) is 0 Å². The Morgan fingerprint density at radius 3 is 2.15 bits per heavy atom. The first-order chi connectivity index (χ1) is 15.8. The summed E-state index contributed by atoms with van der Waals surface area (Å²) in [5.74, 6) is -5.19. The van der Waals surface area contributed by atoms with Gasteiger partial charge in [0, 0.05) is 32.9 Å². The molecule has 0 rings (SSSR count). The maximum Gasteiger partial charge on any atom is 0.303 e. The summed E-state index contributed by atoms with van der Waals surface area (Å²) < 4.78 is 0. The quantitative estimate of drug-likeness (QED) is 0.0868. The molecule has 1 unspecified atom stereocenters. The smallest absolute Gasteiger partial charge is 0.303 e. The molecule has 0 saturated heterocycles. The molecule has 0 aliphatic rings. The van der Waals surface area contributed by atoms with Crippen molar-refractivity contribution in [3.63, 3.8) is 0 Å². The largest absolute Gasteiger partial charge is 0.481 e. The Hall–Kier alpha value is -3.14. The van der Waals surface area contributed by atoms with Gasteiger partial charge in [-0.15, -0.1) is 0 Å². The van der Waals surface area contributed by atoms with Gasteiger partial charge < -0.3 is 52.0 Å². The number of carbonyl (C=O) groups is 6. The van der Waals surface area contributed by atoms with Gasteiger partial charge in [0.1, 0.15) is 30.1 Å². The molecule has 0 aromatic carbocycles. The molecular formula is C19H32N4O11. The van der Waals surface area contributed by atoms with Crippen LogP contribution < -0.4 is 21.7 Å². The van der Waals surface area contributed by atoms with Gasteiger partial charge in [0.2, 0.25) is 23.6 Å². The number of aliphatic carboxylic acids is 1. The van der Waals surface area contributed by atoms with Crippen LogP contribution in [0.15, 0.2) is 0 Å². The predicted octanol–water partition coefficient (Wildman–Crippen LogP) is -4.89. The van der Waals surface area contributed by atoms with Crippen molar-refractivity contribution in [1.29, 1.82) is 0 Å². The minimum atomic E-state index is -2.69. The molecule has 0 heterocycles. The van der Waals surface area contributed by atoms with Crippen LogP contribution in [0.4, 0.5) is 0 Å². The number of carbonyl (C=O) groups excluding carboxylic acids is 5. The van der Waals surface area contributed by atoms with Crippen LogP contribution in [0.25, 0.3) is 0 Å². The van der Waals surface area contributed by atoms with Gasteiger partial charge in [0.05, 0.1) is 18.9 Å². The van der Waals surface area contributed by atoms with Crippen LogP contribution in [0.2, 0.25) is 0 Å². The van der Waals surface area contributed by atoms with Crippen LogP contribution in [0, 0.1) is 5.92 Å². The first-order valence-corrected chi connectivity index (χ1v) is 10.2. The minimum absolute atomic E-state index is 0.0505. The fourth-order valence-corrected chi connectivity index (χ4v) is 2.93. The summed E-state index contributed by atoms with van der Waals surface area (Å²) in [7, 11) is 0. The molecule has 10 N–H and O–H groups in total. The van der Waals surface area contributed by atoms with Gasteiger partial charge in [-0.3, -0.25) is 24.0 Å². The van der Waals surface area contributed by atoms with E-state index in [-0.39, 0.29) is 38.6 Å². The molecule has 15 nitrogen and oxygen atoms in total. The number of amides is 4. The second-order valence-corrected chi connectivity index (χ2v) is 7.61. The van der Waals surface area contributed by atoms with Crippen LogP contribution in [0.5, 0.6) is 0 Å². The lowest BCUT2D eigenvalue weighted by atomic mass is 9.82. The highest BCUT2D eigenvalue weighted by atomic mass is 16.4. The topological polar surface area (TPSA) is 266 Å². The van der Waals surface area contributed by atoms with Crippen molar-refractivity contribution in [2.45, 2.75) is 56.5 Å². The Morgan fingerprint density at radius 2 is 1.68 bits per heavy atom. The van der Waals surface area contributed by atoms with E-state index in [2.05, 4.69) is 10.6 Å². The minimum Gasteiger partial charge on any atom is -0.481 e. The van der Waals surface area contributed by atoms with E-state index >= 15 is 0 Å². The number of hydrogen-bond donors (Lipinski definition) is 9. The van der Waals surface area contributed by atoms with Crippen molar-refractivity contribution in [3.05, 3.63) is 0 Å². The number of carboxylic acid groups (broad SMARTS) is 1. The molecule has 0 radical (unpaired) electrons. The third-order valence-electron chi connectivity index (χ3n) is 4.87. The van der Waals surface area contributed by atoms with Crippen molar-refractivity contribution in [2.75, 3.05) is 19.7 Å². The first-order valence-electron chi connectivity index (χ1n) is 10.2. The Bertz CT molecular complexity index is 748. The Balaban J connectivity index is 4.94. The maximum atomic E-state index is 12.3. The fraction of sp³-hybridized carbons (Fsp3) is 0.684. The van der Waals surface area contributed by atoms with E-state index in [1.165, 1.54) is 0 Å². The molecule has 0 aromatic rings. The Kier molecular flexibility index (Phi) is 13.5. The van der Waals surface area contributed by atoms with Crippen LogP contribution in [-0.4, -0.2) is 105 Å². The normalized spacial score (nSPS) is 16.1. The molecule has 0 aliphatic carbocycles. The van der Waals surface area contributed by atoms with Crippen LogP contribution in [0.3, 0.4) is 0 Å². The van der Waals surface area contributed by atoms with E-state index < -0.39 is 72.4 Å². The summed E-state index contributed by atoms with van der Waals surface area (Å²) in [6, 6.07) is -1.81. The molecular weight excluding hydrogens is 460 g/mol. The van der Waals surface area contributed by atoms with Crippen LogP contribution in [-0.2, 0) is 28.8 Å². The average molecular weight is 492 g/mol. The zero-order valence-corrected chi connectivity index (χ0v) is 18.6. The molecule has 34 heavy (non-hydrogen) atoms. The molecule has 0 saturated carbocycles. The summed E-state index contributed by atoms with van der Waals surface area (Å²) >= 11 is 0. The number of aliphatic hydroxyl groups excluding tert-OH is 3. The van der Waals surface area contributed by atoms with Crippen LogP contribution >= 0.6 is 0 Å². The van der Waals surface area contributed by atoms with Gasteiger partial charge in [-0.1, -0.05) is 0 Å². The molecule has 5 atom stereocenters. The number of primary amides is 1. The lowest BCUT2D eigenvalue weighted by molar-refractivity contribution is -0.165. The first kappa shape index (κ1) is 30.9. The van der Waals surface area contributed by atoms with Crippen molar-refractivity contribution in [1.82, 2.24) is 16.0 Å². The lowest BCUT2D eigenvalue weighted by Crippen LogP contribution is -2.64. The third kappa shape index (κ3) is 10.7.